The number of nitrogens with two attached hydrogens (primary N) is 1. The van der Waals surface area contributed by atoms with E-state index in [1.165, 1.54) is 57.3 Å². The predicted octanol–water partition coefficient (Wildman–Crippen LogP) is 1.88. The van der Waals surface area contributed by atoms with Crippen LogP contribution >= 0.6 is 11.6 Å². The number of carbonyl (C=O) groups excluding carboxylic acids is 7. The summed E-state index contributed by atoms with van der Waals surface area (Å²) in [7, 11) is 1.38. The fourth-order valence-corrected chi connectivity index (χ4v) is 7.38. The van der Waals surface area contributed by atoms with Crippen LogP contribution in [0.15, 0.2) is 84.9 Å². The zero-order valence-electron chi connectivity index (χ0n) is 36.7. The molecule has 5 rings (SSSR count). The van der Waals surface area contributed by atoms with Crippen LogP contribution in [0.2, 0.25) is 5.02 Å². The number of aromatic hydroxyl groups is 2. The van der Waals surface area contributed by atoms with Crippen molar-refractivity contribution in [2.75, 3.05) is 20.1 Å². The standard InChI is InChI=1S/C47H55ClN8O9/c1-25(40(59)24-51-26(2)42(50)60)52-45(63)37-22-28-8-18-38(57)34(21-28)35-23-32(15-19-39(35)58)41(46(64)53-27(3)43(61)55-37)56(4)47(65)36(7-5-6-20-49)54-44(62)31-11-9-29(10-12-31)30-13-16-33(48)17-14-30/h8-19,21,23,25-27,36-37,41,51,57-58H,5-7,20,22,24,49H2,1-4H3,(H2,50,60)(H,52,63)(H,53,64)(H,54,62)(H,55,61)/p+1. The molecule has 1 aliphatic rings. The van der Waals surface area contributed by atoms with Crippen LogP contribution in [0.25, 0.3) is 22.3 Å². The van der Waals surface area contributed by atoms with Crippen molar-refractivity contribution in [3.05, 3.63) is 107 Å². The molecule has 0 aliphatic carbocycles. The third-order valence-corrected chi connectivity index (χ3v) is 11.5. The van der Waals surface area contributed by atoms with E-state index >= 15 is 0 Å². The lowest BCUT2D eigenvalue weighted by atomic mass is 9.93. The second-order valence-electron chi connectivity index (χ2n) is 16.1. The van der Waals surface area contributed by atoms with Crippen LogP contribution in [0.4, 0.5) is 0 Å². The van der Waals surface area contributed by atoms with Gasteiger partial charge in [0.05, 0.1) is 12.6 Å². The molecule has 6 atom stereocenters. The Morgan fingerprint density at radius 2 is 1.45 bits per heavy atom. The normalized spacial score (nSPS) is 17.6. The maximum absolute atomic E-state index is 14.6. The molecule has 344 valence electrons. The van der Waals surface area contributed by atoms with Crippen molar-refractivity contribution in [2.45, 2.75) is 82.7 Å². The second kappa shape index (κ2) is 22.3. The van der Waals surface area contributed by atoms with Gasteiger partial charge in [0.15, 0.2) is 5.78 Å². The Hall–Kier alpha value is -6.66. The lowest BCUT2D eigenvalue weighted by molar-refractivity contribution is -0.307. The monoisotopic (exact) mass is 911 g/mol. The third kappa shape index (κ3) is 12.8. The number of likely N-dealkylation sites (N-methyl/N-ethyl adjacent to an activating group) is 1. The van der Waals surface area contributed by atoms with Gasteiger partial charge >= 0.3 is 5.91 Å². The number of ketones is 1. The molecule has 18 heteroatoms. The molecular formula is C47H56ClN8O9+. The van der Waals surface area contributed by atoms with Crippen LogP contribution in [0.3, 0.4) is 0 Å². The third-order valence-electron chi connectivity index (χ3n) is 11.3. The van der Waals surface area contributed by atoms with Gasteiger partial charge in [0.25, 0.3) is 5.91 Å². The highest BCUT2D eigenvalue weighted by molar-refractivity contribution is 6.30. The number of quaternary nitrogens is 1. The van der Waals surface area contributed by atoms with Crippen LogP contribution in [0.5, 0.6) is 11.5 Å². The fourth-order valence-electron chi connectivity index (χ4n) is 7.25. The molecule has 0 radical (unpaired) electrons. The van der Waals surface area contributed by atoms with Crippen molar-refractivity contribution in [3.8, 4) is 33.8 Å². The first-order chi connectivity index (χ1) is 30.9. The molecular weight excluding hydrogens is 856 g/mol. The molecule has 1 heterocycles. The summed E-state index contributed by atoms with van der Waals surface area (Å²) in [6.45, 7) is 4.48. The molecule has 0 spiro atoms. The summed E-state index contributed by atoms with van der Waals surface area (Å²) in [5.74, 6) is -4.92. The van der Waals surface area contributed by atoms with Crippen LogP contribution in [0, 0.1) is 0 Å². The van der Waals surface area contributed by atoms with E-state index in [1.807, 2.05) is 12.1 Å². The number of phenolic OH excluding ortho intramolecular Hbond substituents is 2. The molecule has 4 bridgehead atoms. The molecule has 0 saturated heterocycles. The number of hydrogen-bond acceptors (Lipinski definition) is 11. The maximum atomic E-state index is 14.6. The van der Waals surface area contributed by atoms with E-state index in [4.69, 9.17) is 17.3 Å². The van der Waals surface area contributed by atoms with E-state index in [0.717, 1.165) is 16.0 Å². The molecule has 0 saturated carbocycles. The smallest absolute Gasteiger partial charge is 0.325 e. The second-order valence-corrected chi connectivity index (χ2v) is 16.6. The molecule has 17 nitrogen and oxygen atoms in total. The fraction of sp³-hybridized carbons (Fsp3) is 0.340. The number of unbranched alkanes of at least 4 members (excludes halogenated alkanes) is 1. The Morgan fingerprint density at radius 1 is 0.831 bits per heavy atom. The van der Waals surface area contributed by atoms with Crippen molar-refractivity contribution >= 4 is 52.8 Å². The summed E-state index contributed by atoms with van der Waals surface area (Å²) in [6.07, 6.45) is 1.03. The lowest BCUT2D eigenvalue weighted by Gasteiger charge is -2.32. The van der Waals surface area contributed by atoms with E-state index in [2.05, 4.69) is 32.3 Å². The molecule has 0 aromatic heterocycles. The first kappa shape index (κ1) is 49.4. The number of phenols is 2. The van der Waals surface area contributed by atoms with Crippen LogP contribution in [-0.4, -0.2) is 107 Å². The number of benzene rings is 4. The number of hydrogen-bond donors (Lipinski definition) is 9. The number of nitrogens with one attached hydrogen (secondary N) is 5. The topological polar surface area (TPSA) is 277 Å². The van der Waals surface area contributed by atoms with Gasteiger partial charge < -0.3 is 42.1 Å². The van der Waals surface area contributed by atoms with Gasteiger partial charge in [0.1, 0.15) is 41.7 Å². The van der Waals surface area contributed by atoms with Crippen molar-refractivity contribution in [2.24, 2.45) is 5.73 Å². The van der Waals surface area contributed by atoms with Gasteiger partial charge in [0.2, 0.25) is 23.6 Å². The van der Waals surface area contributed by atoms with Crippen molar-refractivity contribution < 1.29 is 49.5 Å². The molecule has 6 amide bonds. The van der Waals surface area contributed by atoms with Gasteiger partial charge in [-0.25, -0.2) is 4.79 Å². The average Bonchev–Trinajstić information content (AvgIpc) is 3.28. The minimum Gasteiger partial charge on any atom is -0.507 e. The van der Waals surface area contributed by atoms with Gasteiger partial charge in [-0.3, -0.25) is 39.8 Å². The molecule has 0 fully saturated rings. The predicted molar refractivity (Wildman–Crippen MR) is 243 cm³/mol. The lowest BCUT2D eigenvalue weighted by Crippen LogP contribution is -2.65. The first-order valence-corrected chi connectivity index (χ1v) is 21.6. The van der Waals surface area contributed by atoms with Crippen LogP contribution in [-0.2, 0) is 35.2 Å². The average molecular weight is 912 g/mol. The summed E-state index contributed by atoms with van der Waals surface area (Å²) < 4.78 is 0. The minimum absolute atomic E-state index is 0.0900. The number of halogens is 1. The van der Waals surface area contributed by atoms with E-state index in [1.54, 1.807) is 43.3 Å². The van der Waals surface area contributed by atoms with Gasteiger partial charge in [-0.15, -0.1) is 0 Å². The van der Waals surface area contributed by atoms with Crippen molar-refractivity contribution in [1.29, 1.82) is 0 Å². The highest BCUT2D eigenvalue weighted by Gasteiger charge is 2.36. The zero-order valence-corrected chi connectivity index (χ0v) is 37.4. The zero-order chi connectivity index (χ0) is 47.5. The van der Waals surface area contributed by atoms with Crippen molar-refractivity contribution in [1.82, 2.24) is 31.5 Å². The van der Waals surface area contributed by atoms with E-state index in [0.29, 0.717) is 30.0 Å². The SMILES string of the molecule is CC(NCC(=O)C(C)NC(=O)C1Cc2ccc(O)c(c2)-c2cc(ccc2O)C(N(C)C(=O)C(CCCCN)NC(=O)c2ccc(-c3ccc(Cl)cc3)cc2)C(=O)NC(C)C(=O)N1)C([NH3+])=O. The number of amides is 6. The molecule has 4 aromatic rings. The summed E-state index contributed by atoms with van der Waals surface area (Å²) in [5, 5.41) is 36.3. The van der Waals surface area contributed by atoms with E-state index < -0.39 is 77.5 Å². The Bertz CT molecular complexity index is 2410. The summed E-state index contributed by atoms with van der Waals surface area (Å²) in [4.78, 5) is 95.9. The minimum atomic E-state index is -1.46. The number of rotatable bonds is 16. The highest BCUT2D eigenvalue weighted by atomic mass is 35.5. The number of carbonyl (C=O) groups is 7. The Kier molecular flexibility index (Phi) is 16.9. The molecule has 12 N–H and O–H groups in total. The summed E-state index contributed by atoms with van der Waals surface area (Å²) in [5.41, 5.74) is 12.0. The number of nitrogens with zero attached hydrogens (tertiary/aromatic N) is 1. The first-order valence-electron chi connectivity index (χ1n) is 21.2. The Morgan fingerprint density at radius 3 is 2.08 bits per heavy atom. The van der Waals surface area contributed by atoms with Gasteiger partial charge in [-0.1, -0.05) is 48.0 Å². The van der Waals surface area contributed by atoms with Crippen LogP contribution < -0.4 is 38.1 Å². The molecule has 1 aliphatic heterocycles. The summed E-state index contributed by atoms with van der Waals surface area (Å²) >= 11 is 6.05. The van der Waals surface area contributed by atoms with Gasteiger partial charge in [0, 0.05) is 35.2 Å². The van der Waals surface area contributed by atoms with E-state index in [-0.39, 0.29) is 53.1 Å². The maximum Gasteiger partial charge on any atom is 0.325 e. The van der Waals surface area contributed by atoms with Gasteiger partial charge in [-0.05, 0) is 117 Å². The number of Topliss-reactive ketones (excluding diaryl/α,β-unsaturated/α-hetero) is 1. The molecule has 6 unspecified atom stereocenters. The van der Waals surface area contributed by atoms with Crippen LogP contribution in [0.1, 0.15) is 67.6 Å². The largest absolute Gasteiger partial charge is 0.507 e. The molecule has 65 heavy (non-hydrogen) atoms. The van der Waals surface area contributed by atoms with E-state index in [9.17, 15) is 43.8 Å². The van der Waals surface area contributed by atoms with Gasteiger partial charge in [-0.2, -0.15) is 0 Å². The Labute approximate surface area is 381 Å². The quantitative estimate of drug-likeness (QED) is 0.0733. The molecule has 4 aromatic carbocycles. The summed E-state index contributed by atoms with van der Waals surface area (Å²) in [6, 6.07) is 15.7. The van der Waals surface area contributed by atoms with Crippen molar-refractivity contribution in [3.63, 3.8) is 0 Å². The Balaban J connectivity index is 1.46. The number of fused-ring (bicyclic) bond motifs is 5. The highest BCUT2D eigenvalue weighted by Crippen LogP contribution is 2.39.